The van der Waals surface area contributed by atoms with Crippen LogP contribution in [0.2, 0.25) is 0 Å². The molecule has 0 radical (unpaired) electrons. The zero-order chi connectivity index (χ0) is 13.0. The van der Waals surface area contributed by atoms with Gasteiger partial charge in [0.05, 0.1) is 17.8 Å². The maximum absolute atomic E-state index is 13.6. The van der Waals surface area contributed by atoms with E-state index in [2.05, 4.69) is 0 Å². The monoisotopic (exact) mass is 239 g/mol. The molecule has 0 aliphatic heterocycles. The van der Waals surface area contributed by atoms with Gasteiger partial charge in [0.25, 0.3) is 0 Å². The van der Waals surface area contributed by atoms with Crippen molar-refractivity contribution in [1.82, 2.24) is 0 Å². The van der Waals surface area contributed by atoms with Crippen molar-refractivity contribution in [3.8, 4) is 6.07 Å². The van der Waals surface area contributed by atoms with Gasteiger partial charge in [-0.05, 0) is 19.1 Å². The van der Waals surface area contributed by atoms with Crippen molar-refractivity contribution in [2.24, 2.45) is 5.73 Å². The van der Waals surface area contributed by atoms with E-state index in [-0.39, 0.29) is 17.8 Å². The minimum atomic E-state index is -1.21. The second kappa shape index (κ2) is 5.25. The van der Waals surface area contributed by atoms with E-state index in [1.165, 1.54) is 17.0 Å². The molecule has 0 unspecified atom stereocenters. The molecule has 4 nitrogen and oxygen atoms in total. The molecular weight excluding hydrogens is 228 g/mol. The van der Waals surface area contributed by atoms with Crippen LogP contribution < -0.4 is 10.6 Å². The van der Waals surface area contributed by atoms with Gasteiger partial charge in [0.1, 0.15) is 6.07 Å². The number of anilines is 1. The first-order chi connectivity index (χ1) is 8.01. The number of halogens is 2. The summed E-state index contributed by atoms with van der Waals surface area (Å²) in [5.74, 6) is -3.00. The standard InChI is InChI=1S/C11H11F2N3O/c1-2-16(6-9(15)17)8-4-3-7(5-14)10(12)11(8)13/h3-4H,2,6H2,1H3,(H2,15,17). The highest BCUT2D eigenvalue weighted by Gasteiger charge is 2.18. The molecule has 1 rings (SSSR count). The Morgan fingerprint density at radius 1 is 1.47 bits per heavy atom. The number of nitrogens with two attached hydrogens (primary N) is 1. The predicted octanol–water partition coefficient (Wildman–Crippen LogP) is 1.15. The number of benzene rings is 1. The van der Waals surface area contributed by atoms with Gasteiger partial charge >= 0.3 is 0 Å². The number of nitriles is 1. The van der Waals surface area contributed by atoms with Crippen molar-refractivity contribution < 1.29 is 13.6 Å². The first-order valence-electron chi connectivity index (χ1n) is 4.92. The summed E-state index contributed by atoms with van der Waals surface area (Å²) < 4.78 is 27.0. The molecule has 17 heavy (non-hydrogen) atoms. The molecule has 0 aromatic heterocycles. The van der Waals surface area contributed by atoms with E-state index < -0.39 is 17.5 Å². The largest absolute Gasteiger partial charge is 0.368 e. The van der Waals surface area contributed by atoms with Gasteiger partial charge in [0.2, 0.25) is 5.91 Å². The maximum Gasteiger partial charge on any atom is 0.236 e. The summed E-state index contributed by atoms with van der Waals surface area (Å²) in [5.41, 5.74) is 4.55. The minimum absolute atomic E-state index is 0.0807. The lowest BCUT2D eigenvalue weighted by Crippen LogP contribution is -2.34. The number of primary amides is 1. The molecule has 1 aromatic rings. The molecule has 0 fully saturated rings. The van der Waals surface area contributed by atoms with Crippen LogP contribution in [0.25, 0.3) is 0 Å². The summed E-state index contributed by atoms with van der Waals surface area (Å²) in [6.45, 7) is 1.77. The maximum atomic E-state index is 13.6. The molecule has 0 saturated heterocycles. The molecule has 0 aliphatic rings. The fraction of sp³-hybridized carbons (Fsp3) is 0.273. The van der Waals surface area contributed by atoms with E-state index in [0.29, 0.717) is 6.54 Å². The summed E-state index contributed by atoms with van der Waals surface area (Å²) in [7, 11) is 0. The number of likely N-dealkylation sites (N-methyl/N-ethyl adjacent to an activating group) is 1. The SMILES string of the molecule is CCN(CC(N)=O)c1ccc(C#N)c(F)c1F. The quantitative estimate of drug-likeness (QED) is 0.856. The van der Waals surface area contributed by atoms with Crippen LogP contribution in [0.4, 0.5) is 14.5 Å². The van der Waals surface area contributed by atoms with E-state index in [1.807, 2.05) is 0 Å². The molecule has 0 aliphatic carbocycles. The second-order valence-corrected chi connectivity index (χ2v) is 3.35. The van der Waals surface area contributed by atoms with E-state index in [1.54, 1.807) is 6.92 Å². The molecule has 2 N–H and O–H groups in total. The molecule has 6 heteroatoms. The molecule has 1 amide bonds. The second-order valence-electron chi connectivity index (χ2n) is 3.35. The topological polar surface area (TPSA) is 70.1 Å². The lowest BCUT2D eigenvalue weighted by atomic mass is 10.2. The first kappa shape index (κ1) is 12.9. The fourth-order valence-electron chi connectivity index (χ4n) is 1.43. The van der Waals surface area contributed by atoms with Gasteiger partial charge < -0.3 is 10.6 Å². The van der Waals surface area contributed by atoms with Gasteiger partial charge in [-0.1, -0.05) is 0 Å². The molecule has 90 valence electrons. The third-order valence-corrected chi connectivity index (χ3v) is 2.25. The predicted molar refractivity (Wildman–Crippen MR) is 58.2 cm³/mol. The number of amides is 1. The number of carbonyl (C=O) groups excluding carboxylic acids is 1. The van der Waals surface area contributed by atoms with Crippen LogP contribution in [0.15, 0.2) is 12.1 Å². The molecular formula is C11H11F2N3O. The lowest BCUT2D eigenvalue weighted by Gasteiger charge is -2.22. The highest BCUT2D eigenvalue weighted by molar-refractivity contribution is 5.79. The number of hydrogen-bond acceptors (Lipinski definition) is 3. The number of rotatable bonds is 4. The van der Waals surface area contributed by atoms with Gasteiger partial charge in [-0.15, -0.1) is 0 Å². The van der Waals surface area contributed by atoms with E-state index >= 15 is 0 Å². The summed E-state index contributed by atoms with van der Waals surface area (Å²) in [6.07, 6.45) is 0. The normalized spacial score (nSPS) is 9.76. The van der Waals surface area contributed by atoms with Crippen LogP contribution in [0.3, 0.4) is 0 Å². The van der Waals surface area contributed by atoms with Crippen molar-refractivity contribution in [3.05, 3.63) is 29.3 Å². The van der Waals surface area contributed by atoms with Crippen molar-refractivity contribution >= 4 is 11.6 Å². The Bertz CT molecular complexity index is 482. The number of hydrogen-bond donors (Lipinski definition) is 1. The summed E-state index contributed by atoms with van der Waals surface area (Å²) in [4.78, 5) is 12.1. The van der Waals surface area contributed by atoms with Gasteiger partial charge in [-0.25, -0.2) is 8.78 Å². The van der Waals surface area contributed by atoms with Crippen LogP contribution in [-0.4, -0.2) is 19.0 Å². The van der Waals surface area contributed by atoms with Gasteiger partial charge in [0.15, 0.2) is 11.6 Å². The molecule has 0 heterocycles. The first-order valence-corrected chi connectivity index (χ1v) is 4.92. The van der Waals surface area contributed by atoms with Crippen LogP contribution in [-0.2, 0) is 4.79 Å². The third-order valence-electron chi connectivity index (χ3n) is 2.25. The molecule has 0 bridgehead atoms. The van der Waals surface area contributed by atoms with Crippen molar-refractivity contribution in [1.29, 1.82) is 5.26 Å². The van der Waals surface area contributed by atoms with Gasteiger partial charge in [-0.3, -0.25) is 4.79 Å². The smallest absolute Gasteiger partial charge is 0.236 e. The minimum Gasteiger partial charge on any atom is -0.368 e. The highest BCUT2D eigenvalue weighted by atomic mass is 19.2. The van der Waals surface area contributed by atoms with Crippen molar-refractivity contribution in [2.75, 3.05) is 18.0 Å². The summed E-state index contributed by atoms with van der Waals surface area (Å²) >= 11 is 0. The zero-order valence-corrected chi connectivity index (χ0v) is 9.20. The van der Waals surface area contributed by atoms with E-state index in [9.17, 15) is 13.6 Å². The molecule has 0 spiro atoms. The highest BCUT2D eigenvalue weighted by Crippen LogP contribution is 2.23. The number of carbonyl (C=O) groups is 1. The Morgan fingerprint density at radius 2 is 2.12 bits per heavy atom. The van der Waals surface area contributed by atoms with Crippen molar-refractivity contribution in [3.63, 3.8) is 0 Å². The Kier molecular flexibility index (Phi) is 3.99. The summed E-state index contributed by atoms with van der Waals surface area (Å²) in [5, 5.41) is 8.53. The lowest BCUT2D eigenvalue weighted by molar-refractivity contribution is -0.116. The van der Waals surface area contributed by atoms with Gasteiger partial charge in [0, 0.05) is 6.54 Å². The Hall–Kier alpha value is -2.16. The fourth-order valence-corrected chi connectivity index (χ4v) is 1.43. The third kappa shape index (κ3) is 2.69. The molecule has 0 atom stereocenters. The van der Waals surface area contributed by atoms with Crippen molar-refractivity contribution in [2.45, 2.75) is 6.92 Å². The van der Waals surface area contributed by atoms with Gasteiger partial charge in [-0.2, -0.15) is 5.26 Å². The van der Waals surface area contributed by atoms with Crippen LogP contribution in [0, 0.1) is 23.0 Å². The number of nitrogens with zero attached hydrogens (tertiary/aromatic N) is 2. The van der Waals surface area contributed by atoms with E-state index in [0.717, 1.165) is 6.07 Å². The average Bonchev–Trinajstić information content (AvgIpc) is 2.29. The molecule has 0 saturated carbocycles. The van der Waals surface area contributed by atoms with Crippen LogP contribution >= 0.6 is 0 Å². The molecule has 1 aromatic carbocycles. The Morgan fingerprint density at radius 3 is 2.59 bits per heavy atom. The summed E-state index contributed by atoms with van der Waals surface area (Å²) in [6, 6.07) is 3.95. The van der Waals surface area contributed by atoms with Crippen LogP contribution in [0.1, 0.15) is 12.5 Å². The Balaban J connectivity index is 3.18. The Labute approximate surface area is 97.2 Å². The van der Waals surface area contributed by atoms with E-state index in [4.69, 9.17) is 11.0 Å². The average molecular weight is 239 g/mol. The zero-order valence-electron chi connectivity index (χ0n) is 9.20. The van der Waals surface area contributed by atoms with Crippen LogP contribution in [0.5, 0.6) is 0 Å².